The van der Waals surface area contributed by atoms with Gasteiger partial charge < -0.3 is 10.1 Å². The van der Waals surface area contributed by atoms with Gasteiger partial charge in [0.25, 0.3) is 0 Å². The summed E-state index contributed by atoms with van der Waals surface area (Å²) in [5.74, 6) is 0.715. The van der Waals surface area contributed by atoms with E-state index in [1.54, 1.807) is 0 Å². The Morgan fingerprint density at radius 3 is 2.84 bits per heavy atom. The molecule has 0 bridgehead atoms. The van der Waals surface area contributed by atoms with E-state index in [-0.39, 0.29) is 12.5 Å². The molecule has 0 aliphatic heterocycles. The zero-order valence-electron chi connectivity index (χ0n) is 11.6. The summed E-state index contributed by atoms with van der Waals surface area (Å²) in [5, 5.41) is 3.07. The summed E-state index contributed by atoms with van der Waals surface area (Å²) >= 11 is 0. The highest BCUT2D eigenvalue weighted by Gasteiger charge is 2.25. The van der Waals surface area contributed by atoms with Gasteiger partial charge in [-0.2, -0.15) is 0 Å². The molecular formula is C16H23NO2. The summed E-state index contributed by atoms with van der Waals surface area (Å²) in [6.45, 7) is 2.68. The lowest BCUT2D eigenvalue weighted by molar-refractivity contribution is -0.126. The molecule has 1 aliphatic carbocycles. The average Bonchev–Trinajstić information content (AvgIpc) is 2.85. The Kier molecular flexibility index (Phi) is 5.40. The van der Waals surface area contributed by atoms with Crippen molar-refractivity contribution in [1.82, 2.24) is 5.32 Å². The second-order valence-corrected chi connectivity index (χ2v) is 5.27. The van der Waals surface area contributed by atoms with E-state index in [0.717, 1.165) is 19.3 Å². The molecule has 2 unspecified atom stereocenters. The van der Waals surface area contributed by atoms with Gasteiger partial charge in [0.15, 0.2) is 0 Å². The number of hydrogen-bond donors (Lipinski definition) is 1. The van der Waals surface area contributed by atoms with Gasteiger partial charge in [-0.1, -0.05) is 30.3 Å². The number of rotatable bonds is 6. The van der Waals surface area contributed by atoms with E-state index in [1.807, 2.05) is 6.92 Å². The summed E-state index contributed by atoms with van der Waals surface area (Å²) < 4.78 is 5.12. The third kappa shape index (κ3) is 4.67. The number of carbonyl (C=O) groups is 1. The molecule has 0 radical (unpaired) electrons. The fourth-order valence-electron chi connectivity index (χ4n) is 2.80. The van der Waals surface area contributed by atoms with Crippen LogP contribution in [0.2, 0.25) is 0 Å². The van der Waals surface area contributed by atoms with E-state index < -0.39 is 0 Å². The van der Waals surface area contributed by atoms with E-state index >= 15 is 0 Å². The van der Waals surface area contributed by atoms with Crippen LogP contribution in [0, 0.1) is 5.92 Å². The predicted octanol–water partition coefficient (Wildman–Crippen LogP) is 2.55. The van der Waals surface area contributed by atoms with Crippen LogP contribution in [-0.2, 0) is 16.0 Å². The van der Waals surface area contributed by atoms with Gasteiger partial charge in [-0.15, -0.1) is 0 Å². The van der Waals surface area contributed by atoms with Crippen LogP contribution in [-0.4, -0.2) is 25.2 Å². The van der Waals surface area contributed by atoms with Crippen LogP contribution in [0.3, 0.4) is 0 Å². The minimum Gasteiger partial charge on any atom is -0.372 e. The standard InChI is InChI=1S/C16H23NO2/c1-2-19-12-16(18)17-15-9-8-14(11-15)10-13-6-4-3-5-7-13/h3-7,14-15H,2,8-12H2,1H3,(H,17,18). The molecule has 19 heavy (non-hydrogen) atoms. The van der Waals surface area contributed by atoms with Crippen LogP contribution < -0.4 is 5.32 Å². The van der Waals surface area contributed by atoms with Crippen molar-refractivity contribution in [3.8, 4) is 0 Å². The van der Waals surface area contributed by atoms with Crippen molar-refractivity contribution in [2.75, 3.05) is 13.2 Å². The second-order valence-electron chi connectivity index (χ2n) is 5.27. The first-order valence-electron chi connectivity index (χ1n) is 7.19. The van der Waals surface area contributed by atoms with Gasteiger partial charge in [0, 0.05) is 12.6 Å². The monoisotopic (exact) mass is 261 g/mol. The molecule has 1 aliphatic rings. The van der Waals surface area contributed by atoms with Crippen molar-refractivity contribution in [2.24, 2.45) is 5.92 Å². The summed E-state index contributed by atoms with van der Waals surface area (Å²) in [5.41, 5.74) is 1.40. The molecule has 3 heteroatoms. The zero-order chi connectivity index (χ0) is 13.5. The number of amides is 1. The van der Waals surface area contributed by atoms with Crippen LogP contribution in [0.15, 0.2) is 30.3 Å². The minimum atomic E-state index is 0.0206. The molecular weight excluding hydrogens is 238 g/mol. The van der Waals surface area contributed by atoms with Gasteiger partial charge in [0.1, 0.15) is 6.61 Å². The Morgan fingerprint density at radius 1 is 1.32 bits per heavy atom. The number of hydrogen-bond acceptors (Lipinski definition) is 2. The van der Waals surface area contributed by atoms with Gasteiger partial charge >= 0.3 is 0 Å². The summed E-state index contributed by atoms with van der Waals surface area (Å²) in [4.78, 5) is 11.6. The molecule has 1 saturated carbocycles. The fourth-order valence-corrected chi connectivity index (χ4v) is 2.80. The van der Waals surface area contributed by atoms with E-state index in [1.165, 1.54) is 12.0 Å². The lowest BCUT2D eigenvalue weighted by Crippen LogP contribution is -2.35. The largest absolute Gasteiger partial charge is 0.372 e. The molecule has 1 N–H and O–H groups in total. The van der Waals surface area contributed by atoms with E-state index in [9.17, 15) is 4.79 Å². The number of benzene rings is 1. The van der Waals surface area contributed by atoms with Crippen LogP contribution in [0.4, 0.5) is 0 Å². The SMILES string of the molecule is CCOCC(=O)NC1CCC(Cc2ccccc2)C1. The number of ether oxygens (including phenoxy) is 1. The van der Waals surface area contributed by atoms with Gasteiger partial charge in [-0.3, -0.25) is 4.79 Å². The van der Waals surface area contributed by atoms with Crippen LogP contribution >= 0.6 is 0 Å². The van der Waals surface area contributed by atoms with E-state index in [4.69, 9.17) is 4.74 Å². The smallest absolute Gasteiger partial charge is 0.246 e. The first-order chi connectivity index (χ1) is 9.28. The molecule has 2 rings (SSSR count). The summed E-state index contributed by atoms with van der Waals surface area (Å²) in [6, 6.07) is 10.9. The third-order valence-electron chi connectivity index (χ3n) is 3.71. The Bertz CT molecular complexity index is 391. The van der Waals surface area contributed by atoms with Crippen LogP contribution in [0.25, 0.3) is 0 Å². The minimum absolute atomic E-state index is 0.0206. The quantitative estimate of drug-likeness (QED) is 0.854. The predicted molar refractivity (Wildman–Crippen MR) is 75.9 cm³/mol. The second kappa shape index (κ2) is 7.29. The fraction of sp³-hybridized carbons (Fsp3) is 0.562. The lowest BCUT2D eigenvalue weighted by Gasteiger charge is -2.13. The summed E-state index contributed by atoms with van der Waals surface area (Å²) in [6.07, 6.45) is 4.51. The molecule has 1 fully saturated rings. The molecule has 3 nitrogen and oxygen atoms in total. The van der Waals surface area contributed by atoms with Crippen molar-refractivity contribution in [3.05, 3.63) is 35.9 Å². The highest BCUT2D eigenvalue weighted by molar-refractivity contribution is 5.77. The average molecular weight is 261 g/mol. The van der Waals surface area contributed by atoms with Gasteiger partial charge in [0.2, 0.25) is 5.91 Å². The lowest BCUT2D eigenvalue weighted by atomic mass is 9.98. The molecule has 1 amide bonds. The van der Waals surface area contributed by atoms with Crippen molar-refractivity contribution in [3.63, 3.8) is 0 Å². The third-order valence-corrected chi connectivity index (χ3v) is 3.71. The van der Waals surface area contributed by atoms with Gasteiger partial charge in [0.05, 0.1) is 0 Å². The number of nitrogens with one attached hydrogen (secondary N) is 1. The molecule has 1 aromatic carbocycles. The molecule has 0 saturated heterocycles. The maximum Gasteiger partial charge on any atom is 0.246 e. The molecule has 2 atom stereocenters. The maximum absolute atomic E-state index is 11.6. The first kappa shape index (κ1) is 14.1. The van der Waals surface area contributed by atoms with Crippen molar-refractivity contribution >= 4 is 5.91 Å². The topological polar surface area (TPSA) is 38.3 Å². The maximum atomic E-state index is 11.6. The molecule has 104 valence electrons. The van der Waals surface area contributed by atoms with Crippen LogP contribution in [0.5, 0.6) is 0 Å². The Balaban J connectivity index is 1.72. The Morgan fingerprint density at radius 2 is 2.11 bits per heavy atom. The van der Waals surface area contributed by atoms with Crippen molar-refractivity contribution < 1.29 is 9.53 Å². The molecule has 0 spiro atoms. The normalized spacial score (nSPS) is 22.4. The van der Waals surface area contributed by atoms with Crippen molar-refractivity contribution in [2.45, 2.75) is 38.6 Å². The highest BCUT2D eigenvalue weighted by Crippen LogP contribution is 2.28. The zero-order valence-corrected chi connectivity index (χ0v) is 11.6. The highest BCUT2D eigenvalue weighted by atomic mass is 16.5. The number of carbonyl (C=O) groups excluding carboxylic acids is 1. The van der Waals surface area contributed by atoms with Crippen LogP contribution in [0.1, 0.15) is 31.7 Å². The van der Waals surface area contributed by atoms with E-state index in [0.29, 0.717) is 18.6 Å². The summed E-state index contributed by atoms with van der Waals surface area (Å²) in [7, 11) is 0. The van der Waals surface area contributed by atoms with Crippen molar-refractivity contribution in [1.29, 1.82) is 0 Å². The Hall–Kier alpha value is -1.35. The van der Waals surface area contributed by atoms with Gasteiger partial charge in [-0.25, -0.2) is 0 Å². The first-order valence-corrected chi connectivity index (χ1v) is 7.19. The molecule has 1 aromatic rings. The van der Waals surface area contributed by atoms with Gasteiger partial charge in [-0.05, 0) is 44.1 Å². The molecule has 0 heterocycles. The molecule has 0 aromatic heterocycles. The Labute approximate surface area is 115 Å². The van der Waals surface area contributed by atoms with E-state index in [2.05, 4.69) is 35.6 Å².